The van der Waals surface area contributed by atoms with Gasteiger partial charge in [-0.05, 0) is 48.5 Å². The van der Waals surface area contributed by atoms with Crippen molar-refractivity contribution in [2.45, 2.75) is 6.54 Å². The summed E-state index contributed by atoms with van der Waals surface area (Å²) in [4.78, 5) is 38.8. The number of hydrogen-bond acceptors (Lipinski definition) is 4. The Morgan fingerprint density at radius 3 is 2.28 bits per heavy atom. The molecule has 0 spiro atoms. The summed E-state index contributed by atoms with van der Waals surface area (Å²) in [5.41, 5.74) is -0.132. The first-order valence-electron chi connectivity index (χ1n) is 8.95. The van der Waals surface area contributed by atoms with E-state index in [4.69, 9.17) is 4.74 Å². The Morgan fingerprint density at radius 2 is 1.52 bits per heavy atom. The number of ether oxygens (including phenoxy) is 1. The number of benzene rings is 3. The van der Waals surface area contributed by atoms with Crippen molar-refractivity contribution in [2.24, 2.45) is 0 Å². The van der Waals surface area contributed by atoms with Gasteiger partial charge in [0.15, 0.2) is 0 Å². The molecule has 144 valence electrons. The second-order valence-electron chi connectivity index (χ2n) is 6.35. The highest BCUT2D eigenvalue weighted by molar-refractivity contribution is 5.91. The summed E-state index contributed by atoms with van der Waals surface area (Å²) < 4.78 is 6.95. The van der Waals surface area contributed by atoms with E-state index in [-0.39, 0.29) is 12.5 Å². The van der Waals surface area contributed by atoms with Gasteiger partial charge in [0.25, 0.3) is 5.56 Å². The van der Waals surface area contributed by atoms with Crippen molar-refractivity contribution in [1.29, 1.82) is 0 Å². The molecule has 0 saturated heterocycles. The summed E-state index contributed by atoms with van der Waals surface area (Å²) in [5, 5.41) is 3.09. The first-order valence-corrected chi connectivity index (χ1v) is 8.95. The van der Waals surface area contributed by atoms with E-state index in [2.05, 4.69) is 10.3 Å². The van der Waals surface area contributed by atoms with E-state index >= 15 is 0 Å². The van der Waals surface area contributed by atoms with E-state index in [0.29, 0.717) is 28.1 Å². The van der Waals surface area contributed by atoms with Crippen LogP contribution in [0.1, 0.15) is 0 Å². The van der Waals surface area contributed by atoms with Crippen molar-refractivity contribution in [3.05, 3.63) is 99.7 Å². The highest BCUT2D eigenvalue weighted by atomic mass is 16.5. The molecule has 0 radical (unpaired) electrons. The summed E-state index contributed by atoms with van der Waals surface area (Å²) in [7, 11) is 0. The average Bonchev–Trinajstić information content (AvgIpc) is 2.73. The van der Waals surface area contributed by atoms with Gasteiger partial charge in [-0.15, -0.1) is 0 Å². The monoisotopic (exact) mass is 387 g/mol. The van der Waals surface area contributed by atoms with Crippen LogP contribution in [-0.4, -0.2) is 15.5 Å². The maximum absolute atomic E-state index is 12.4. The van der Waals surface area contributed by atoms with Crippen LogP contribution in [0.4, 0.5) is 5.69 Å². The Labute approximate surface area is 165 Å². The van der Waals surface area contributed by atoms with Crippen LogP contribution in [0.3, 0.4) is 0 Å². The van der Waals surface area contributed by atoms with Crippen LogP contribution in [0.25, 0.3) is 10.9 Å². The number of carbonyl (C=O) groups excluding carboxylic acids is 1. The topological polar surface area (TPSA) is 93.2 Å². The van der Waals surface area contributed by atoms with Gasteiger partial charge < -0.3 is 10.1 Å². The van der Waals surface area contributed by atoms with Crippen LogP contribution in [0.15, 0.2) is 88.5 Å². The predicted octanol–water partition coefficient (Wildman–Crippen LogP) is 3.12. The van der Waals surface area contributed by atoms with E-state index in [0.717, 1.165) is 0 Å². The molecule has 7 heteroatoms. The molecular weight excluding hydrogens is 370 g/mol. The Balaban J connectivity index is 1.49. The van der Waals surface area contributed by atoms with Gasteiger partial charge in [0.2, 0.25) is 5.91 Å². The van der Waals surface area contributed by atoms with Gasteiger partial charge >= 0.3 is 5.69 Å². The minimum atomic E-state index is -0.629. The molecule has 4 aromatic rings. The first kappa shape index (κ1) is 18.2. The second kappa shape index (κ2) is 7.85. The van der Waals surface area contributed by atoms with Gasteiger partial charge in [0.1, 0.15) is 18.0 Å². The van der Waals surface area contributed by atoms with E-state index in [9.17, 15) is 14.4 Å². The van der Waals surface area contributed by atoms with Crippen molar-refractivity contribution in [3.8, 4) is 11.5 Å². The third kappa shape index (κ3) is 4.08. The number of amides is 1. The Kier molecular flexibility index (Phi) is 4.94. The first-order chi connectivity index (χ1) is 14.1. The zero-order valence-electron chi connectivity index (χ0n) is 15.3. The maximum atomic E-state index is 12.4. The lowest BCUT2D eigenvalue weighted by atomic mass is 10.2. The number of hydrogen-bond donors (Lipinski definition) is 2. The molecule has 0 aliphatic heterocycles. The Hall–Kier alpha value is -4.13. The quantitative estimate of drug-likeness (QED) is 0.550. The van der Waals surface area contributed by atoms with E-state index in [1.54, 1.807) is 48.5 Å². The SMILES string of the molecule is O=C(Cn1c(=O)[nH]c(=O)c2ccccc21)Nc1ccc(Oc2ccccc2)cc1. The fourth-order valence-corrected chi connectivity index (χ4v) is 2.97. The van der Waals surface area contributed by atoms with Gasteiger partial charge in [0.05, 0.1) is 10.9 Å². The Bertz CT molecular complexity index is 1280. The molecular formula is C22H17N3O4. The molecule has 7 nitrogen and oxygen atoms in total. The van der Waals surface area contributed by atoms with Crippen molar-refractivity contribution >= 4 is 22.5 Å². The zero-order chi connectivity index (χ0) is 20.2. The lowest BCUT2D eigenvalue weighted by Gasteiger charge is -2.11. The van der Waals surface area contributed by atoms with Gasteiger partial charge in [-0.1, -0.05) is 30.3 Å². The standard InChI is InChI=1S/C22H17N3O4/c26-20(14-25-19-9-5-4-8-18(19)21(27)24-22(25)28)23-15-10-12-17(13-11-15)29-16-6-2-1-3-7-16/h1-13H,14H2,(H,23,26)(H,24,27,28). The van der Waals surface area contributed by atoms with Gasteiger partial charge in [-0.25, -0.2) is 4.79 Å². The third-order valence-corrected chi connectivity index (χ3v) is 4.32. The van der Waals surface area contributed by atoms with Crippen LogP contribution < -0.4 is 21.3 Å². The molecule has 4 rings (SSSR count). The lowest BCUT2D eigenvalue weighted by molar-refractivity contribution is -0.116. The Morgan fingerprint density at radius 1 is 0.862 bits per heavy atom. The smallest absolute Gasteiger partial charge is 0.329 e. The molecule has 3 aromatic carbocycles. The highest BCUT2D eigenvalue weighted by Gasteiger charge is 2.11. The molecule has 0 bridgehead atoms. The van der Waals surface area contributed by atoms with E-state index in [1.165, 1.54) is 4.57 Å². The number of H-pyrrole nitrogens is 1. The van der Waals surface area contributed by atoms with E-state index < -0.39 is 11.2 Å². The molecule has 29 heavy (non-hydrogen) atoms. The van der Waals surface area contributed by atoms with Gasteiger partial charge in [0, 0.05) is 5.69 Å². The number of anilines is 1. The van der Waals surface area contributed by atoms with Gasteiger partial charge in [-0.3, -0.25) is 19.1 Å². The van der Waals surface area contributed by atoms with Crippen molar-refractivity contribution < 1.29 is 9.53 Å². The average molecular weight is 387 g/mol. The molecule has 0 aliphatic carbocycles. The normalized spacial score (nSPS) is 10.6. The fraction of sp³-hybridized carbons (Fsp3) is 0.0455. The molecule has 0 atom stereocenters. The van der Waals surface area contributed by atoms with Crippen molar-refractivity contribution in [3.63, 3.8) is 0 Å². The van der Waals surface area contributed by atoms with Crippen LogP contribution in [0.5, 0.6) is 11.5 Å². The molecule has 0 unspecified atom stereocenters. The number of nitrogens with one attached hydrogen (secondary N) is 2. The third-order valence-electron chi connectivity index (χ3n) is 4.32. The van der Waals surface area contributed by atoms with E-state index in [1.807, 2.05) is 30.3 Å². The molecule has 2 N–H and O–H groups in total. The van der Waals surface area contributed by atoms with Crippen molar-refractivity contribution in [2.75, 3.05) is 5.32 Å². The molecule has 1 amide bonds. The fourth-order valence-electron chi connectivity index (χ4n) is 2.97. The molecule has 0 saturated carbocycles. The lowest BCUT2D eigenvalue weighted by Crippen LogP contribution is -2.33. The minimum absolute atomic E-state index is 0.224. The van der Waals surface area contributed by atoms with Crippen LogP contribution in [0.2, 0.25) is 0 Å². The minimum Gasteiger partial charge on any atom is -0.457 e. The largest absolute Gasteiger partial charge is 0.457 e. The van der Waals surface area contributed by atoms with Crippen LogP contribution >= 0.6 is 0 Å². The number of rotatable bonds is 5. The zero-order valence-corrected chi connectivity index (χ0v) is 15.3. The molecule has 1 aromatic heterocycles. The number of nitrogens with zero attached hydrogens (tertiary/aromatic N) is 1. The van der Waals surface area contributed by atoms with Crippen molar-refractivity contribution in [1.82, 2.24) is 9.55 Å². The molecule has 1 heterocycles. The molecule has 0 fully saturated rings. The summed E-state index contributed by atoms with van der Waals surface area (Å²) >= 11 is 0. The second-order valence-corrected chi connectivity index (χ2v) is 6.35. The summed E-state index contributed by atoms with van der Waals surface area (Å²) in [6.07, 6.45) is 0. The summed E-state index contributed by atoms with van der Waals surface area (Å²) in [5.74, 6) is 0.965. The maximum Gasteiger partial charge on any atom is 0.329 e. The number of para-hydroxylation sites is 2. The summed E-state index contributed by atoms with van der Waals surface area (Å²) in [6.45, 7) is -0.224. The highest BCUT2D eigenvalue weighted by Crippen LogP contribution is 2.22. The predicted molar refractivity (Wildman–Crippen MR) is 110 cm³/mol. The van der Waals surface area contributed by atoms with Crippen LogP contribution in [0, 0.1) is 0 Å². The number of aromatic amines is 1. The number of carbonyl (C=O) groups is 1. The number of fused-ring (bicyclic) bond motifs is 1. The van der Waals surface area contributed by atoms with Gasteiger partial charge in [-0.2, -0.15) is 0 Å². The summed E-state index contributed by atoms with van der Waals surface area (Å²) in [6, 6.07) is 22.9. The van der Waals surface area contributed by atoms with Crippen LogP contribution in [-0.2, 0) is 11.3 Å². The molecule has 0 aliphatic rings. The number of aromatic nitrogens is 2.